The third kappa shape index (κ3) is 4.93. The van der Waals surface area contributed by atoms with Gasteiger partial charge in [0.05, 0.1) is 12.8 Å². The van der Waals surface area contributed by atoms with E-state index in [-0.39, 0.29) is 5.91 Å². The fraction of sp³-hybridized carbons (Fsp3) is 0.133. The SMILES string of the molecule is COc1ccc(-c2nc3cc(C(C)C)ccc3o2)cc1NC(=O)/C=C/c1ccc(-c2ccccc2)o1. The largest absolute Gasteiger partial charge is 0.495 e. The minimum atomic E-state index is -0.317. The standard InChI is InChI=1S/C30H26N2O4/c1-19(2)21-9-14-28-25(17-21)32-30(36-28)22-10-13-27(34-3)24(18-22)31-29(33)16-12-23-11-15-26(35-23)20-7-5-4-6-8-20/h4-19H,1-3H3,(H,31,33)/b16-12+. The Kier molecular flexibility index (Phi) is 6.41. The zero-order valence-electron chi connectivity index (χ0n) is 20.3. The number of oxazole rings is 1. The van der Waals surface area contributed by atoms with Crippen molar-refractivity contribution >= 4 is 28.8 Å². The predicted octanol–water partition coefficient (Wildman–Crippen LogP) is 7.54. The molecule has 0 spiro atoms. The summed E-state index contributed by atoms with van der Waals surface area (Å²) >= 11 is 0. The highest BCUT2D eigenvalue weighted by atomic mass is 16.5. The quantitative estimate of drug-likeness (QED) is 0.245. The number of carbonyl (C=O) groups excluding carboxylic acids is 1. The van der Waals surface area contributed by atoms with E-state index >= 15 is 0 Å². The van der Waals surface area contributed by atoms with Crippen LogP contribution in [0.4, 0.5) is 5.69 Å². The summed E-state index contributed by atoms with van der Waals surface area (Å²) in [6.45, 7) is 4.28. The lowest BCUT2D eigenvalue weighted by molar-refractivity contribution is -0.111. The van der Waals surface area contributed by atoms with E-state index < -0.39 is 0 Å². The number of hydrogen-bond donors (Lipinski definition) is 1. The lowest BCUT2D eigenvalue weighted by atomic mass is 10.0. The molecule has 0 fully saturated rings. The number of anilines is 1. The number of nitrogens with one attached hydrogen (secondary N) is 1. The smallest absolute Gasteiger partial charge is 0.248 e. The minimum Gasteiger partial charge on any atom is -0.495 e. The molecule has 0 unspecified atom stereocenters. The van der Waals surface area contributed by atoms with Gasteiger partial charge in [-0.15, -0.1) is 0 Å². The van der Waals surface area contributed by atoms with Crippen molar-refractivity contribution in [1.29, 1.82) is 0 Å². The molecule has 6 heteroatoms. The van der Waals surface area contributed by atoms with E-state index in [0.717, 1.165) is 22.4 Å². The maximum absolute atomic E-state index is 12.7. The van der Waals surface area contributed by atoms with Gasteiger partial charge in [-0.2, -0.15) is 0 Å². The maximum Gasteiger partial charge on any atom is 0.248 e. The fourth-order valence-electron chi connectivity index (χ4n) is 3.90. The number of ether oxygens (including phenoxy) is 1. The van der Waals surface area contributed by atoms with E-state index in [1.807, 2.05) is 60.7 Å². The first-order chi connectivity index (χ1) is 17.5. The summed E-state index contributed by atoms with van der Waals surface area (Å²) < 4.78 is 17.3. The van der Waals surface area contributed by atoms with Crippen LogP contribution in [0.2, 0.25) is 0 Å². The van der Waals surface area contributed by atoms with Crippen LogP contribution in [0.1, 0.15) is 31.1 Å². The Bertz CT molecular complexity index is 1540. The average molecular weight is 479 g/mol. The van der Waals surface area contributed by atoms with Crippen LogP contribution in [0.25, 0.3) is 40.0 Å². The fourth-order valence-corrected chi connectivity index (χ4v) is 3.90. The number of benzene rings is 3. The topological polar surface area (TPSA) is 77.5 Å². The lowest BCUT2D eigenvalue weighted by Gasteiger charge is -2.10. The number of fused-ring (bicyclic) bond motifs is 1. The molecule has 1 amide bonds. The van der Waals surface area contributed by atoms with Crippen LogP contribution in [-0.4, -0.2) is 18.0 Å². The van der Waals surface area contributed by atoms with Crippen molar-refractivity contribution in [2.24, 2.45) is 0 Å². The Morgan fingerprint density at radius 1 is 0.944 bits per heavy atom. The molecule has 0 aliphatic carbocycles. The number of furan rings is 1. The molecule has 2 heterocycles. The van der Waals surface area contributed by atoms with E-state index in [1.54, 1.807) is 25.3 Å². The van der Waals surface area contributed by atoms with Crippen LogP contribution < -0.4 is 10.1 Å². The Balaban J connectivity index is 1.35. The number of hydrogen-bond acceptors (Lipinski definition) is 5. The van der Waals surface area contributed by atoms with Crippen LogP contribution >= 0.6 is 0 Å². The average Bonchev–Trinajstić information content (AvgIpc) is 3.55. The molecule has 36 heavy (non-hydrogen) atoms. The summed E-state index contributed by atoms with van der Waals surface area (Å²) in [5.74, 6) is 2.41. The van der Waals surface area contributed by atoms with E-state index in [2.05, 4.69) is 30.2 Å². The highest BCUT2D eigenvalue weighted by molar-refractivity contribution is 6.03. The summed E-state index contributed by atoms with van der Waals surface area (Å²) in [6.07, 6.45) is 3.05. The second kappa shape index (κ2) is 9.96. The molecular formula is C30H26N2O4. The number of carbonyl (C=O) groups is 1. The zero-order valence-corrected chi connectivity index (χ0v) is 20.3. The Morgan fingerprint density at radius 2 is 1.78 bits per heavy atom. The van der Waals surface area contributed by atoms with Crippen molar-refractivity contribution in [3.8, 4) is 28.5 Å². The van der Waals surface area contributed by atoms with E-state index in [4.69, 9.17) is 13.6 Å². The summed E-state index contributed by atoms with van der Waals surface area (Å²) in [7, 11) is 1.56. The van der Waals surface area contributed by atoms with Crippen LogP contribution in [0.5, 0.6) is 5.75 Å². The molecule has 0 atom stereocenters. The van der Waals surface area contributed by atoms with E-state index in [0.29, 0.717) is 34.6 Å². The summed E-state index contributed by atoms with van der Waals surface area (Å²) in [6, 6.07) is 25.0. The van der Waals surface area contributed by atoms with Gasteiger partial charge in [0.25, 0.3) is 0 Å². The van der Waals surface area contributed by atoms with Crippen LogP contribution in [0.3, 0.4) is 0 Å². The van der Waals surface area contributed by atoms with Crippen molar-refractivity contribution in [3.05, 3.63) is 96.3 Å². The molecule has 180 valence electrons. The van der Waals surface area contributed by atoms with Gasteiger partial charge in [-0.05, 0) is 60.0 Å². The summed E-state index contributed by atoms with van der Waals surface area (Å²) in [5.41, 5.74) is 4.93. The minimum absolute atomic E-state index is 0.317. The van der Waals surface area contributed by atoms with Gasteiger partial charge in [-0.25, -0.2) is 4.98 Å². The second-order valence-corrected chi connectivity index (χ2v) is 8.71. The van der Waals surface area contributed by atoms with Gasteiger partial charge in [0.2, 0.25) is 11.8 Å². The normalized spacial score (nSPS) is 11.4. The molecule has 0 bridgehead atoms. The highest BCUT2D eigenvalue weighted by Crippen LogP contribution is 2.33. The van der Waals surface area contributed by atoms with Gasteiger partial charge in [-0.1, -0.05) is 50.2 Å². The molecule has 1 N–H and O–H groups in total. The first-order valence-electron chi connectivity index (χ1n) is 11.7. The Labute approximate surface area is 209 Å². The molecule has 0 radical (unpaired) electrons. The highest BCUT2D eigenvalue weighted by Gasteiger charge is 2.14. The van der Waals surface area contributed by atoms with Crippen molar-refractivity contribution < 1.29 is 18.4 Å². The molecule has 6 nitrogen and oxygen atoms in total. The number of aromatic nitrogens is 1. The van der Waals surface area contributed by atoms with Gasteiger partial charge in [-0.3, -0.25) is 4.79 Å². The van der Waals surface area contributed by atoms with Gasteiger partial charge in [0, 0.05) is 17.2 Å². The molecule has 3 aromatic carbocycles. The lowest BCUT2D eigenvalue weighted by Crippen LogP contribution is -2.09. The van der Waals surface area contributed by atoms with Crippen molar-refractivity contribution in [2.45, 2.75) is 19.8 Å². The number of nitrogens with zero attached hydrogens (tertiary/aromatic N) is 1. The molecule has 0 saturated heterocycles. The van der Waals surface area contributed by atoms with Crippen molar-refractivity contribution in [1.82, 2.24) is 4.98 Å². The molecule has 5 rings (SSSR count). The van der Waals surface area contributed by atoms with Gasteiger partial charge >= 0.3 is 0 Å². The van der Waals surface area contributed by atoms with Crippen LogP contribution in [0, 0.1) is 0 Å². The molecule has 0 saturated carbocycles. The Morgan fingerprint density at radius 3 is 2.56 bits per heavy atom. The molecule has 0 aliphatic rings. The molecule has 5 aromatic rings. The second-order valence-electron chi connectivity index (χ2n) is 8.71. The monoisotopic (exact) mass is 478 g/mol. The van der Waals surface area contributed by atoms with E-state index in [1.165, 1.54) is 11.6 Å². The number of rotatable bonds is 7. The third-order valence-corrected chi connectivity index (χ3v) is 5.87. The Hall–Kier alpha value is -4.58. The van der Waals surface area contributed by atoms with Gasteiger partial charge in [0.1, 0.15) is 22.8 Å². The van der Waals surface area contributed by atoms with Gasteiger partial charge < -0.3 is 18.9 Å². The molecule has 2 aromatic heterocycles. The van der Waals surface area contributed by atoms with Crippen LogP contribution in [-0.2, 0) is 4.79 Å². The molecular weight excluding hydrogens is 452 g/mol. The van der Waals surface area contributed by atoms with Gasteiger partial charge in [0.15, 0.2) is 5.58 Å². The molecule has 0 aliphatic heterocycles. The maximum atomic E-state index is 12.7. The first-order valence-corrected chi connectivity index (χ1v) is 11.7. The number of methoxy groups -OCH3 is 1. The first kappa shape index (κ1) is 23.2. The van der Waals surface area contributed by atoms with Crippen LogP contribution in [0.15, 0.2) is 93.8 Å². The summed E-state index contributed by atoms with van der Waals surface area (Å²) in [5, 5.41) is 2.88. The number of amides is 1. The zero-order chi connectivity index (χ0) is 25.1. The third-order valence-electron chi connectivity index (χ3n) is 5.87. The summed E-state index contributed by atoms with van der Waals surface area (Å²) in [4.78, 5) is 17.3. The predicted molar refractivity (Wildman–Crippen MR) is 142 cm³/mol. The van der Waals surface area contributed by atoms with Crippen molar-refractivity contribution in [2.75, 3.05) is 12.4 Å². The van der Waals surface area contributed by atoms with E-state index in [9.17, 15) is 4.79 Å². The van der Waals surface area contributed by atoms with Crippen molar-refractivity contribution in [3.63, 3.8) is 0 Å².